The lowest BCUT2D eigenvalue weighted by atomic mass is 10.1. The molecule has 1 heterocycles. The Morgan fingerprint density at radius 2 is 1.82 bits per heavy atom. The summed E-state index contributed by atoms with van der Waals surface area (Å²) in [5.74, 6) is -0.0266. The number of nitrogens with one attached hydrogen (secondary N) is 3. The van der Waals surface area contributed by atoms with Gasteiger partial charge in [-0.1, -0.05) is 37.6 Å². The number of hydrogen-bond donors (Lipinski definition) is 3. The number of aromatic amines is 1. The third-order valence-electron chi connectivity index (χ3n) is 5.35. The van der Waals surface area contributed by atoms with Crippen molar-refractivity contribution < 1.29 is 9.59 Å². The molecule has 7 nitrogen and oxygen atoms in total. The second-order valence-electron chi connectivity index (χ2n) is 8.02. The van der Waals surface area contributed by atoms with E-state index >= 15 is 0 Å². The molecular formula is C25H30N4O3S. The highest BCUT2D eigenvalue weighted by molar-refractivity contribution is 7.71. The van der Waals surface area contributed by atoms with Crippen LogP contribution in [-0.2, 0) is 22.7 Å². The number of para-hydroxylation sites is 1. The van der Waals surface area contributed by atoms with Gasteiger partial charge in [-0.15, -0.1) is 0 Å². The van der Waals surface area contributed by atoms with E-state index in [1.54, 1.807) is 10.6 Å². The zero-order valence-electron chi connectivity index (χ0n) is 18.9. The van der Waals surface area contributed by atoms with Gasteiger partial charge in [-0.25, -0.2) is 0 Å². The van der Waals surface area contributed by atoms with Crippen molar-refractivity contribution in [3.63, 3.8) is 0 Å². The van der Waals surface area contributed by atoms with Gasteiger partial charge in [0.25, 0.3) is 5.56 Å². The van der Waals surface area contributed by atoms with Crippen molar-refractivity contribution in [1.82, 2.24) is 14.9 Å². The van der Waals surface area contributed by atoms with Crippen LogP contribution in [0.1, 0.15) is 51.0 Å². The number of unbranched alkanes of at least 4 members (excludes halogenated alkanes) is 2. The molecule has 8 heteroatoms. The van der Waals surface area contributed by atoms with Gasteiger partial charge in [-0.2, -0.15) is 0 Å². The van der Waals surface area contributed by atoms with Gasteiger partial charge >= 0.3 is 0 Å². The average Bonchev–Trinajstić information content (AvgIpc) is 2.80. The van der Waals surface area contributed by atoms with E-state index in [9.17, 15) is 14.4 Å². The number of H-pyrrole nitrogens is 1. The third kappa shape index (κ3) is 7.12. The Morgan fingerprint density at radius 1 is 1.00 bits per heavy atom. The molecule has 174 valence electrons. The number of fused-ring (bicyclic) bond motifs is 1. The van der Waals surface area contributed by atoms with Crippen molar-refractivity contribution in [2.45, 2.75) is 58.5 Å². The summed E-state index contributed by atoms with van der Waals surface area (Å²) < 4.78 is 2.01. The fraction of sp³-hybridized carbons (Fsp3) is 0.360. The normalized spacial score (nSPS) is 10.8. The number of anilines is 1. The van der Waals surface area contributed by atoms with Crippen LogP contribution < -0.4 is 16.2 Å². The van der Waals surface area contributed by atoms with Crippen LogP contribution in [0.15, 0.2) is 53.3 Å². The predicted molar refractivity (Wildman–Crippen MR) is 134 cm³/mol. The van der Waals surface area contributed by atoms with Crippen molar-refractivity contribution in [1.29, 1.82) is 0 Å². The molecule has 0 atom stereocenters. The smallest absolute Gasteiger partial charge is 0.262 e. The summed E-state index contributed by atoms with van der Waals surface area (Å²) in [4.78, 5) is 39.7. The zero-order chi connectivity index (χ0) is 23.6. The summed E-state index contributed by atoms with van der Waals surface area (Å²) in [5, 5.41) is 6.41. The highest BCUT2D eigenvalue weighted by Crippen LogP contribution is 2.12. The fourth-order valence-corrected chi connectivity index (χ4v) is 3.92. The van der Waals surface area contributed by atoms with Gasteiger partial charge in [0, 0.05) is 31.6 Å². The van der Waals surface area contributed by atoms with Crippen molar-refractivity contribution in [2.24, 2.45) is 0 Å². The molecular weight excluding hydrogens is 436 g/mol. The van der Waals surface area contributed by atoms with Gasteiger partial charge in [0.2, 0.25) is 11.8 Å². The summed E-state index contributed by atoms with van der Waals surface area (Å²) in [6, 6.07) is 14.8. The van der Waals surface area contributed by atoms with Crippen LogP contribution in [0, 0.1) is 4.77 Å². The predicted octanol–water partition coefficient (Wildman–Crippen LogP) is 4.67. The van der Waals surface area contributed by atoms with Crippen LogP contribution in [0.25, 0.3) is 10.9 Å². The molecule has 1 aromatic heterocycles. The molecule has 0 saturated carbocycles. The van der Waals surface area contributed by atoms with Gasteiger partial charge in [0.05, 0.1) is 10.9 Å². The maximum absolute atomic E-state index is 12.6. The minimum absolute atomic E-state index is 0.00862. The first-order valence-corrected chi connectivity index (χ1v) is 11.8. The number of rotatable bonds is 11. The average molecular weight is 467 g/mol. The monoisotopic (exact) mass is 466 g/mol. The Kier molecular flexibility index (Phi) is 8.95. The number of carbonyl (C=O) groups is 2. The highest BCUT2D eigenvalue weighted by Gasteiger charge is 2.07. The topological polar surface area (TPSA) is 96.0 Å². The molecule has 0 aliphatic rings. The first kappa shape index (κ1) is 24.4. The van der Waals surface area contributed by atoms with E-state index in [-0.39, 0.29) is 17.4 Å². The van der Waals surface area contributed by atoms with Gasteiger partial charge in [0.1, 0.15) is 0 Å². The standard InChI is InChI=1S/C25H30N4O3S/c1-2-9-23(31)27-19-11-8-10-18(16-19)17-26-22(30)14-4-3-7-15-29-24(32)20-12-5-6-13-21(20)28-25(29)33/h5-6,8,10-13,16H,2-4,7,9,14-15,17H2,1H3,(H,26,30)(H,27,31)(H,28,33). The van der Waals surface area contributed by atoms with Crippen molar-refractivity contribution >= 4 is 40.6 Å². The van der Waals surface area contributed by atoms with E-state index < -0.39 is 0 Å². The fourth-order valence-electron chi connectivity index (χ4n) is 3.63. The van der Waals surface area contributed by atoms with E-state index in [4.69, 9.17) is 12.2 Å². The number of carbonyl (C=O) groups excluding carboxylic acids is 2. The molecule has 2 amide bonds. The van der Waals surface area contributed by atoms with E-state index in [2.05, 4.69) is 15.6 Å². The highest BCUT2D eigenvalue weighted by atomic mass is 32.1. The molecule has 0 spiro atoms. The molecule has 3 rings (SSSR count). The molecule has 33 heavy (non-hydrogen) atoms. The number of amides is 2. The summed E-state index contributed by atoms with van der Waals surface area (Å²) >= 11 is 5.33. The number of nitrogens with zero attached hydrogens (tertiary/aromatic N) is 1. The largest absolute Gasteiger partial charge is 0.352 e. The second kappa shape index (κ2) is 12.1. The van der Waals surface area contributed by atoms with E-state index in [1.165, 1.54) is 0 Å². The van der Waals surface area contributed by atoms with Gasteiger partial charge < -0.3 is 15.6 Å². The molecule has 0 radical (unpaired) electrons. The zero-order valence-corrected chi connectivity index (χ0v) is 19.7. The number of hydrogen-bond acceptors (Lipinski definition) is 4. The summed E-state index contributed by atoms with van der Waals surface area (Å²) in [5.41, 5.74) is 2.33. The lowest BCUT2D eigenvalue weighted by Gasteiger charge is -2.09. The Hall–Kier alpha value is -3.26. The van der Waals surface area contributed by atoms with Gasteiger partial charge in [-0.3, -0.25) is 19.0 Å². The third-order valence-corrected chi connectivity index (χ3v) is 5.67. The van der Waals surface area contributed by atoms with Crippen molar-refractivity contribution in [3.05, 3.63) is 69.2 Å². The lowest BCUT2D eigenvalue weighted by molar-refractivity contribution is -0.121. The number of aromatic nitrogens is 2. The van der Waals surface area contributed by atoms with Crippen molar-refractivity contribution in [2.75, 3.05) is 5.32 Å². The van der Waals surface area contributed by atoms with Crippen LogP contribution >= 0.6 is 12.2 Å². The summed E-state index contributed by atoms with van der Waals surface area (Å²) in [7, 11) is 0. The molecule has 0 bridgehead atoms. The first-order chi connectivity index (χ1) is 16.0. The van der Waals surface area contributed by atoms with Crippen molar-refractivity contribution in [3.8, 4) is 0 Å². The SMILES string of the molecule is CCCC(=O)Nc1cccc(CNC(=O)CCCCCn2c(=S)[nH]c3ccccc3c2=O)c1. The van der Waals surface area contributed by atoms with E-state index in [0.717, 1.165) is 42.5 Å². The van der Waals surface area contributed by atoms with Gasteiger partial charge in [0.15, 0.2) is 4.77 Å². The van der Waals surface area contributed by atoms with Crippen LogP contribution in [0.4, 0.5) is 5.69 Å². The van der Waals surface area contributed by atoms with Crippen LogP contribution in [0.5, 0.6) is 0 Å². The maximum atomic E-state index is 12.6. The Bertz CT molecular complexity index is 1230. The molecule has 0 aliphatic carbocycles. The molecule has 0 fully saturated rings. The summed E-state index contributed by atoms with van der Waals surface area (Å²) in [6.07, 6.45) is 4.03. The molecule has 0 aliphatic heterocycles. The maximum Gasteiger partial charge on any atom is 0.262 e. The molecule has 3 N–H and O–H groups in total. The van der Waals surface area contributed by atoms with Crippen LogP contribution in [-0.4, -0.2) is 21.4 Å². The Balaban J connectivity index is 1.40. The van der Waals surface area contributed by atoms with Crippen LogP contribution in [0.3, 0.4) is 0 Å². The van der Waals surface area contributed by atoms with E-state index in [1.807, 2.05) is 49.4 Å². The quantitative estimate of drug-likeness (QED) is 0.283. The minimum atomic E-state index is -0.0831. The molecule has 3 aromatic rings. The Labute approximate surface area is 198 Å². The molecule has 0 saturated heterocycles. The summed E-state index contributed by atoms with van der Waals surface area (Å²) in [6.45, 7) is 2.90. The Morgan fingerprint density at radius 3 is 2.64 bits per heavy atom. The lowest BCUT2D eigenvalue weighted by Crippen LogP contribution is -2.23. The molecule has 2 aromatic carbocycles. The van der Waals surface area contributed by atoms with Gasteiger partial charge in [-0.05, 0) is 61.3 Å². The first-order valence-electron chi connectivity index (χ1n) is 11.3. The van der Waals surface area contributed by atoms with Crippen LogP contribution in [0.2, 0.25) is 0 Å². The number of benzene rings is 2. The second-order valence-corrected chi connectivity index (χ2v) is 8.41. The van der Waals surface area contributed by atoms with E-state index in [0.29, 0.717) is 36.1 Å². The minimum Gasteiger partial charge on any atom is -0.352 e. The molecule has 0 unspecified atom stereocenters.